The summed E-state index contributed by atoms with van der Waals surface area (Å²) in [4.78, 5) is 12.6. The summed E-state index contributed by atoms with van der Waals surface area (Å²) in [6.07, 6.45) is 0. The Kier molecular flexibility index (Phi) is 4.70. The van der Waals surface area contributed by atoms with Crippen LogP contribution in [0.5, 0.6) is 0 Å². The second-order valence-corrected chi connectivity index (χ2v) is 6.31. The van der Waals surface area contributed by atoms with E-state index in [-0.39, 0.29) is 11.9 Å². The molecule has 0 aliphatic rings. The zero-order valence-electron chi connectivity index (χ0n) is 14.4. The van der Waals surface area contributed by atoms with Crippen LogP contribution in [-0.2, 0) is 0 Å². The summed E-state index contributed by atoms with van der Waals surface area (Å²) in [6.45, 7) is 12.3. The molecule has 0 spiro atoms. The van der Waals surface area contributed by atoms with E-state index in [2.05, 4.69) is 50.4 Å². The molecule has 2 heteroatoms. The van der Waals surface area contributed by atoms with Crippen molar-refractivity contribution in [1.29, 1.82) is 0 Å². The second kappa shape index (κ2) is 6.35. The van der Waals surface area contributed by atoms with E-state index in [1.807, 2.05) is 26.8 Å². The van der Waals surface area contributed by atoms with E-state index in [9.17, 15) is 4.79 Å². The van der Waals surface area contributed by atoms with Gasteiger partial charge < -0.3 is 5.32 Å². The predicted molar refractivity (Wildman–Crippen MR) is 92.5 cm³/mol. The van der Waals surface area contributed by atoms with Crippen LogP contribution in [0.2, 0.25) is 0 Å². The monoisotopic (exact) mass is 295 g/mol. The molecule has 1 amide bonds. The number of carbonyl (C=O) groups is 1. The molecule has 0 aliphatic heterocycles. The van der Waals surface area contributed by atoms with E-state index < -0.39 is 0 Å². The van der Waals surface area contributed by atoms with Gasteiger partial charge in [0.2, 0.25) is 0 Å². The lowest BCUT2D eigenvalue weighted by Crippen LogP contribution is -2.28. The normalized spacial score (nSPS) is 12.1. The topological polar surface area (TPSA) is 29.1 Å². The Morgan fingerprint density at radius 1 is 0.864 bits per heavy atom. The second-order valence-electron chi connectivity index (χ2n) is 6.31. The van der Waals surface area contributed by atoms with Gasteiger partial charge in [0.15, 0.2) is 0 Å². The zero-order valence-corrected chi connectivity index (χ0v) is 14.4. The quantitative estimate of drug-likeness (QED) is 0.872. The van der Waals surface area contributed by atoms with Crippen molar-refractivity contribution in [2.45, 2.75) is 47.6 Å². The van der Waals surface area contributed by atoms with Crippen LogP contribution in [0.4, 0.5) is 0 Å². The molecule has 0 bridgehead atoms. The molecule has 2 rings (SSSR count). The molecule has 0 heterocycles. The van der Waals surface area contributed by atoms with Crippen LogP contribution in [0.3, 0.4) is 0 Å². The summed E-state index contributed by atoms with van der Waals surface area (Å²) in [7, 11) is 0. The average Bonchev–Trinajstić information content (AvgIpc) is 2.42. The summed E-state index contributed by atoms with van der Waals surface area (Å²) < 4.78 is 0. The maximum absolute atomic E-state index is 12.6. The molecule has 2 aromatic rings. The Labute approximate surface area is 133 Å². The number of benzene rings is 2. The zero-order chi connectivity index (χ0) is 16.4. The first kappa shape index (κ1) is 16.3. The van der Waals surface area contributed by atoms with Crippen molar-refractivity contribution in [2.75, 3.05) is 0 Å². The van der Waals surface area contributed by atoms with Gasteiger partial charge in [-0.05, 0) is 75.4 Å². The highest BCUT2D eigenvalue weighted by molar-refractivity contribution is 5.96. The number of hydrogen-bond donors (Lipinski definition) is 1. The van der Waals surface area contributed by atoms with Crippen LogP contribution < -0.4 is 5.32 Å². The highest BCUT2D eigenvalue weighted by Gasteiger charge is 2.15. The molecule has 0 aliphatic carbocycles. The van der Waals surface area contributed by atoms with Crippen molar-refractivity contribution in [1.82, 2.24) is 5.32 Å². The van der Waals surface area contributed by atoms with Crippen molar-refractivity contribution in [3.8, 4) is 0 Å². The molecule has 0 unspecified atom stereocenters. The van der Waals surface area contributed by atoms with Gasteiger partial charge in [0, 0.05) is 5.56 Å². The Hall–Kier alpha value is -2.09. The molecule has 116 valence electrons. The standard InChI is InChI=1S/C20H25NO/c1-12-7-8-18(15(4)9-12)17(6)21-20(22)19-11-14(3)13(2)10-16(19)5/h7-11,17H,1-6H3,(H,21,22)/t17-/m1/s1. The van der Waals surface area contributed by atoms with E-state index >= 15 is 0 Å². The molecule has 0 fully saturated rings. The van der Waals surface area contributed by atoms with Crippen LogP contribution in [0.15, 0.2) is 30.3 Å². The molecule has 1 N–H and O–H groups in total. The number of rotatable bonds is 3. The van der Waals surface area contributed by atoms with Gasteiger partial charge in [-0.25, -0.2) is 0 Å². The minimum atomic E-state index is -0.00641. The van der Waals surface area contributed by atoms with Gasteiger partial charge in [-0.15, -0.1) is 0 Å². The summed E-state index contributed by atoms with van der Waals surface area (Å²) >= 11 is 0. The molecular weight excluding hydrogens is 270 g/mol. The van der Waals surface area contributed by atoms with Gasteiger partial charge in [0.05, 0.1) is 6.04 Å². The highest BCUT2D eigenvalue weighted by atomic mass is 16.1. The molecule has 0 saturated carbocycles. The third-order valence-corrected chi connectivity index (χ3v) is 4.32. The molecule has 2 nitrogen and oxygen atoms in total. The summed E-state index contributed by atoms with van der Waals surface area (Å²) in [5.41, 5.74) is 7.77. The molecule has 0 saturated heterocycles. The van der Waals surface area contributed by atoms with Gasteiger partial charge in [0.25, 0.3) is 5.91 Å². The number of amides is 1. The molecular formula is C20H25NO. The largest absolute Gasteiger partial charge is 0.345 e. The van der Waals surface area contributed by atoms with E-state index in [0.717, 1.165) is 16.7 Å². The van der Waals surface area contributed by atoms with Gasteiger partial charge in [-0.3, -0.25) is 4.79 Å². The van der Waals surface area contributed by atoms with E-state index in [4.69, 9.17) is 0 Å². The van der Waals surface area contributed by atoms with E-state index in [0.29, 0.717) is 0 Å². The van der Waals surface area contributed by atoms with E-state index in [1.165, 1.54) is 22.3 Å². The lowest BCUT2D eigenvalue weighted by molar-refractivity contribution is 0.0939. The van der Waals surface area contributed by atoms with Crippen LogP contribution in [0.1, 0.15) is 56.7 Å². The Morgan fingerprint density at radius 2 is 1.50 bits per heavy atom. The maximum Gasteiger partial charge on any atom is 0.252 e. The van der Waals surface area contributed by atoms with Crippen LogP contribution in [0, 0.1) is 34.6 Å². The predicted octanol–water partition coefficient (Wildman–Crippen LogP) is 4.72. The van der Waals surface area contributed by atoms with Gasteiger partial charge in [-0.1, -0.05) is 29.8 Å². The smallest absolute Gasteiger partial charge is 0.252 e. The first-order valence-electron chi connectivity index (χ1n) is 7.75. The maximum atomic E-state index is 12.6. The van der Waals surface area contributed by atoms with Gasteiger partial charge >= 0.3 is 0 Å². The third kappa shape index (κ3) is 3.38. The fourth-order valence-corrected chi connectivity index (χ4v) is 2.87. The lowest BCUT2D eigenvalue weighted by Gasteiger charge is -2.18. The third-order valence-electron chi connectivity index (χ3n) is 4.32. The van der Waals surface area contributed by atoms with Crippen molar-refractivity contribution in [2.24, 2.45) is 0 Å². The summed E-state index contributed by atoms with van der Waals surface area (Å²) in [5, 5.41) is 3.12. The molecule has 0 radical (unpaired) electrons. The number of carbonyl (C=O) groups excluding carboxylic acids is 1. The van der Waals surface area contributed by atoms with Crippen molar-refractivity contribution in [3.63, 3.8) is 0 Å². The van der Waals surface area contributed by atoms with Crippen LogP contribution in [0.25, 0.3) is 0 Å². The Bertz CT molecular complexity index is 716. The molecule has 2 aromatic carbocycles. The summed E-state index contributed by atoms with van der Waals surface area (Å²) in [5.74, 6) is -0.00641. The number of hydrogen-bond acceptors (Lipinski definition) is 1. The molecule has 1 atom stereocenters. The lowest BCUT2D eigenvalue weighted by atomic mass is 9.98. The van der Waals surface area contributed by atoms with E-state index in [1.54, 1.807) is 0 Å². The number of aryl methyl sites for hydroxylation is 5. The minimum absolute atomic E-state index is 0.00545. The molecule has 0 aromatic heterocycles. The Balaban J connectivity index is 2.23. The number of nitrogens with one attached hydrogen (secondary N) is 1. The van der Waals surface area contributed by atoms with Gasteiger partial charge in [0.1, 0.15) is 0 Å². The van der Waals surface area contributed by atoms with Crippen LogP contribution >= 0.6 is 0 Å². The average molecular weight is 295 g/mol. The van der Waals surface area contributed by atoms with Crippen LogP contribution in [-0.4, -0.2) is 5.91 Å². The Morgan fingerprint density at radius 3 is 2.14 bits per heavy atom. The van der Waals surface area contributed by atoms with Crippen molar-refractivity contribution < 1.29 is 4.79 Å². The fraction of sp³-hybridized carbons (Fsp3) is 0.350. The van der Waals surface area contributed by atoms with Crippen molar-refractivity contribution >= 4 is 5.91 Å². The SMILES string of the molecule is Cc1ccc([C@@H](C)NC(=O)c2cc(C)c(C)cc2C)c(C)c1. The highest BCUT2D eigenvalue weighted by Crippen LogP contribution is 2.20. The fourth-order valence-electron chi connectivity index (χ4n) is 2.87. The van der Waals surface area contributed by atoms with Gasteiger partial charge in [-0.2, -0.15) is 0 Å². The summed E-state index contributed by atoms with van der Waals surface area (Å²) in [6, 6.07) is 10.4. The molecule has 22 heavy (non-hydrogen) atoms. The van der Waals surface area contributed by atoms with Crippen molar-refractivity contribution in [3.05, 3.63) is 69.3 Å². The first-order valence-corrected chi connectivity index (χ1v) is 7.75. The first-order chi connectivity index (χ1) is 10.3. The minimum Gasteiger partial charge on any atom is -0.345 e.